The molecule has 0 spiro atoms. The number of nitro benzene ring substituents is 1. The maximum Gasteiger partial charge on any atom is 0.433 e. The van der Waals surface area contributed by atoms with E-state index < -0.39 is 17.1 Å². The maximum atomic E-state index is 11.8. The minimum atomic E-state index is -0.844. The Morgan fingerprint density at radius 2 is 1.76 bits per heavy atom. The topological polar surface area (TPSA) is 111 Å². The number of amides is 2. The standard InChI is InChI=1S/C12H15N3O6/c1-3-20-11(16)13-14(12(17)21-4-2)9-5-7-10(8-6-9)15(18)19/h5-8H,3-4H2,1-2H3,(H,13,16). The lowest BCUT2D eigenvalue weighted by molar-refractivity contribution is -0.384. The van der Waals surface area contributed by atoms with Crippen molar-refractivity contribution in [2.24, 2.45) is 0 Å². The van der Waals surface area contributed by atoms with E-state index >= 15 is 0 Å². The van der Waals surface area contributed by atoms with Crippen LogP contribution in [0, 0.1) is 10.1 Å². The minimum Gasteiger partial charge on any atom is -0.449 e. The summed E-state index contributed by atoms with van der Waals surface area (Å²) in [7, 11) is 0. The SMILES string of the molecule is CCOC(=O)NN(C(=O)OCC)c1ccc([N+](=O)[O-])cc1. The first-order chi connectivity index (χ1) is 9.99. The normalized spacial score (nSPS) is 9.62. The van der Waals surface area contributed by atoms with Gasteiger partial charge in [-0.2, -0.15) is 5.01 Å². The van der Waals surface area contributed by atoms with Crippen molar-refractivity contribution < 1.29 is 24.0 Å². The number of ether oxygens (including phenoxy) is 2. The Morgan fingerprint density at radius 3 is 2.24 bits per heavy atom. The fraction of sp³-hybridized carbons (Fsp3) is 0.333. The number of rotatable bonds is 4. The molecule has 0 saturated carbocycles. The van der Waals surface area contributed by atoms with Crippen molar-refractivity contribution in [3.8, 4) is 0 Å². The molecule has 1 N–H and O–H groups in total. The van der Waals surface area contributed by atoms with E-state index in [9.17, 15) is 19.7 Å². The number of hydrazine groups is 1. The second kappa shape index (κ2) is 7.68. The van der Waals surface area contributed by atoms with Crippen LogP contribution in [0.1, 0.15) is 13.8 Å². The summed E-state index contributed by atoms with van der Waals surface area (Å²) in [6.45, 7) is 3.45. The van der Waals surface area contributed by atoms with E-state index in [4.69, 9.17) is 4.74 Å². The first-order valence-corrected chi connectivity index (χ1v) is 6.14. The van der Waals surface area contributed by atoms with Crippen molar-refractivity contribution in [1.29, 1.82) is 0 Å². The molecule has 1 aromatic carbocycles. The fourth-order valence-corrected chi connectivity index (χ4v) is 1.38. The van der Waals surface area contributed by atoms with Crippen LogP contribution in [0.2, 0.25) is 0 Å². The highest BCUT2D eigenvalue weighted by molar-refractivity contribution is 5.90. The summed E-state index contributed by atoms with van der Waals surface area (Å²) < 4.78 is 9.47. The number of anilines is 1. The molecule has 9 heteroatoms. The van der Waals surface area contributed by atoms with Gasteiger partial charge in [-0.25, -0.2) is 15.0 Å². The van der Waals surface area contributed by atoms with Crippen molar-refractivity contribution in [2.45, 2.75) is 13.8 Å². The third-order valence-corrected chi connectivity index (χ3v) is 2.25. The molecule has 0 aliphatic carbocycles. The number of hydrogen-bond acceptors (Lipinski definition) is 6. The van der Waals surface area contributed by atoms with Crippen LogP contribution in [0.3, 0.4) is 0 Å². The summed E-state index contributed by atoms with van der Waals surface area (Å²) in [5.41, 5.74) is 2.26. The zero-order chi connectivity index (χ0) is 15.8. The molecule has 2 amide bonds. The molecular weight excluding hydrogens is 282 g/mol. The number of carbonyl (C=O) groups is 2. The zero-order valence-electron chi connectivity index (χ0n) is 11.6. The molecule has 1 aromatic rings. The van der Waals surface area contributed by atoms with Gasteiger partial charge in [0.1, 0.15) is 0 Å². The number of benzene rings is 1. The lowest BCUT2D eigenvalue weighted by atomic mass is 10.3. The van der Waals surface area contributed by atoms with Crippen LogP contribution in [0.15, 0.2) is 24.3 Å². The van der Waals surface area contributed by atoms with E-state index in [2.05, 4.69) is 10.2 Å². The van der Waals surface area contributed by atoms with Crippen molar-refractivity contribution in [3.63, 3.8) is 0 Å². The van der Waals surface area contributed by atoms with Gasteiger partial charge in [0.2, 0.25) is 0 Å². The average molecular weight is 297 g/mol. The van der Waals surface area contributed by atoms with Crippen LogP contribution in [0.25, 0.3) is 0 Å². The first kappa shape index (κ1) is 16.2. The Kier molecular flexibility index (Phi) is 5.93. The summed E-state index contributed by atoms with van der Waals surface area (Å²) in [6.07, 6.45) is -1.68. The quantitative estimate of drug-likeness (QED) is 0.673. The molecule has 1 rings (SSSR count). The summed E-state index contributed by atoms with van der Waals surface area (Å²) >= 11 is 0. The van der Waals surface area contributed by atoms with Crippen molar-refractivity contribution in [1.82, 2.24) is 5.43 Å². The van der Waals surface area contributed by atoms with E-state index in [1.165, 1.54) is 24.3 Å². The van der Waals surface area contributed by atoms with Gasteiger partial charge in [0.05, 0.1) is 23.8 Å². The van der Waals surface area contributed by atoms with Gasteiger partial charge in [0.15, 0.2) is 0 Å². The van der Waals surface area contributed by atoms with Crippen LogP contribution in [0.5, 0.6) is 0 Å². The molecule has 0 aromatic heterocycles. The number of nitrogens with one attached hydrogen (secondary N) is 1. The number of nitro groups is 1. The van der Waals surface area contributed by atoms with E-state index in [0.29, 0.717) is 0 Å². The molecule has 0 atom stereocenters. The molecule has 0 fully saturated rings. The molecule has 0 aliphatic rings. The molecule has 0 bridgehead atoms. The molecule has 0 unspecified atom stereocenters. The van der Waals surface area contributed by atoms with Gasteiger partial charge in [-0.1, -0.05) is 0 Å². The number of nitrogens with zero attached hydrogens (tertiary/aromatic N) is 2. The summed E-state index contributed by atoms with van der Waals surface area (Å²) in [5.74, 6) is 0. The summed E-state index contributed by atoms with van der Waals surface area (Å²) in [4.78, 5) is 33.2. The van der Waals surface area contributed by atoms with Gasteiger partial charge in [0.25, 0.3) is 5.69 Å². The minimum absolute atomic E-state index is 0.104. The van der Waals surface area contributed by atoms with Crippen LogP contribution in [0.4, 0.5) is 21.0 Å². The molecule has 0 heterocycles. The van der Waals surface area contributed by atoms with Gasteiger partial charge >= 0.3 is 12.2 Å². The van der Waals surface area contributed by atoms with E-state index in [1.807, 2.05) is 0 Å². The highest BCUT2D eigenvalue weighted by Crippen LogP contribution is 2.19. The monoisotopic (exact) mass is 297 g/mol. The smallest absolute Gasteiger partial charge is 0.433 e. The van der Waals surface area contributed by atoms with Crippen molar-refractivity contribution >= 4 is 23.6 Å². The second-order valence-corrected chi connectivity index (χ2v) is 3.64. The Labute approximate surface area is 120 Å². The number of hydrogen-bond donors (Lipinski definition) is 1. The lowest BCUT2D eigenvalue weighted by Crippen LogP contribution is -2.47. The van der Waals surface area contributed by atoms with Gasteiger partial charge in [0, 0.05) is 12.1 Å². The predicted molar refractivity (Wildman–Crippen MR) is 72.8 cm³/mol. The molecule has 114 valence electrons. The van der Waals surface area contributed by atoms with Gasteiger partial charge < -0.3 is 9.47 Å². The number of carbonyl (C=O) groups excluding carboxylic acids is 2. The summed E-state index contributed by atoms with van der Waals surface area (Å²) in [5, 5.41) is 11.4. The molecular formula is C12H15N3O6. The Bertz CT molecular complexity index is 516. The Balaban J connectivity index is 2.96. The van der Waals surface area contributed by atoms with E-state index in [0.717, 1.165) is 5.01 Å². The summed E-state index contributed by atoms with van der Waals surface area (Å²) in [6, 6.07) is 5.02. The second-order valence-electron chi connectivity index (χ2n) is 3.64. The average Bonchev–Trinajstić information content (AvgIpc) is 2.45. The molecule has 9 nitrogen and oxygen atoms in total. The largest absolute Gasteiger partial charge is 0.449 e. The third kappa shape index (κ3) is 4.64. The molecule has 0 saturated heterocycles. The highest BCUT2D eigenvalue weighted by atomic mass is 16.6. The Hall–Kier alpha value is -2.84. The maximum absolute atomic E-state index is 11.8. The van der Waals surface area contributed by atoms with Crippen LogP contribution in [-0.4, -0.2) is 30.3 Å². The number of non-ortho nitro benzene ring substituents is 1. The van der Waals surface area contributed by atoms with E-state index in [-0.39, 0.29) is 24.6 Å². The van der Waals surface area contributed by atoms with Crippen LogP contribution in [-0.2, 0) is 9.47 Å². The zero-order valence-corrected chi connectivity index (χ0v) is 11.6. The van der Waals surface area contributed by atoms with Gasteiger partial charge in [-0.3, -0.25) is 10.1 Å². The fourth-order valence-electron chi connectivity index (χ4n) is 1.38. The van der Waals surface area contributed by atoms with Crippen molar-refractivity contribution in [2.75, 3.05) is 18.2 Å². The highest BCUT2D eigenvalue weighted by Gasteiger charge is 2.21. The van der Waals surface area contributed by atoms with E-state index in [1.54, 1.807) is 13.8 Å². The first-order valence-electron chi connectivity index (χ1n) is 6.14. The third-order valence-electron chi connectivity index (χ3n) is 2.25. The molecule has 0 aliphatic heterocycles. The lowest BCUT2D eigenvalue weighted by Gasteiger charge is -2.21. The molecule has 0 radical (unpaired) electrons. The van der Waals surface area contributed by atoms with Gasteiger partial charge in [-0.05, 0) is 26.0 Å². The predicted octanol–water partition coefficient (Wildman–Crippen LogP) is 2.22. The molecule has 21 heavy (non-hydrogen) atoms. The van der Waals surface area contributed by atoms with Crippen LogP contribution >= 0.6 is 0 Å². The van der Waals surface area contributed by atoms with Crippen molar-refractivity contribution in [3.05, 3.63) is 34.4 Å². The van der Waals surface area contributed by atoms with Crippen LogP contribution < -0.4 is 10.4 Å². The van der Waals surface area contributed by atoms with Gasteiger partial charge in [-0.15, -0.1) is 0 Å². The Morgan fingerprint density at radius 1 is 1.19 bits per heavy atom.